The summed E-state index contributed by atoms with van der Waals surface area (Å²) in [6.45, 7) is 0.0768. The molecule has 4 heteroatoms. The number of carbonyl (C=O) groups excluding carboxylic acids is 1. The molecule has 1 amide bonds. The predicted octanol–water partition coefficient (Wildman–Crippen LogP) is 1.37. The van der Waals surface area contributed by atoms with Crippen LogP contribution in [0.1, 0.15) is 34.5 Å². The monoisotopic (exact) mass is 235 g/mol. The lowest BCUT2D eigenvalue weighted by Gasteiger charge is -1.98. The quantitative estimate of drug-likeness (QED) is 0.777. The van der Waals surface area contributed by atoms with E-state index >= 15 is 0 Å². The van der Waals surface area contributed by atoms with Crippen molar-refractivity contribution >= 4 is 17.2 Å². The van der Waals surface area contributed by atoms with Gasteiger partial charge in [-0.2, -0.15) is 0 Å². The number of hydrogen-bond acceptors (Lipinski definition) is 3. The van der Waals surface area contributed by atoms with Gasteiger partial charge >= 0.3 is 0 Å². The molecule has 0 aliphatic heterocycles. The van der Waals surface area contributed by atoms with E-state index in [1.165, 1.54) is 11.3 Å². The van der Waals surface area contributed by atoms with Crippen molar-refractivity contribution in [2.75, 3.05) is 6.61 Å². The van der Waals surface area contributed by atoms with Gasteiger partial charge in [-0.3, -0.25) is 4.79 Å². The van der Waals surface area contributed by atoms with Crippen molar-refractivity contribution in [3.05, 3.63) is 21.9 Å². The summed E-state index contributed by atoms with van der Waals surface area (Å²) in [7, 11) is 0. The largest absolute Gasteiger partial charge is 0.395 e. The lowest BCUT2D eigenvalue weighted by molar-refractivity contribution is 0.0951. The molecule has 16 heavy (non-hydrogen) atoms. The van der Waals surface area contributed by atoms with Crippen molar-refractivity contribution in [3.63, 3.8) is 0 Å². The van der Waals surface area contributed by atoms with E-state index < -0.39 is 0 Å². The van der Waals surface area contributed by atoms with Gasteiger partial charge < -0.3 is 10.4 Å². The fraction of sp³-hybridized carbons (Fsp3) is 0.417. The Labute approximate surface area is 98.5 Å². The summed E-state index contributed by atoms with van der Waals surface area (Å²) < 4.78 is 0. The summed E-state index contributed by atoms with van der Waals surface area (Å²) in [5, 5.41) is 13.3. The first-order valence-electron chi connectivity index (χ1n) is 5.28. The lowest BCUT2D eigenvalue weighted by Crippen LogP contribution is -2.24. The highest BCUT2D eigenvalue weighted by Gasteiger charge is 2.23. The van der Waals surface area contributed by atoms with Gasteiger partial charge in [-0.15, -0.1) is 11.3 Å². The molecule has 2 rings (SSSR count). The number of hydrogen-bond donors (Lipinski definition) is 2. The summed E-state index contributed by atoms with van der Waals surface area (Å²) in [6, 6.07) is 2.18. The number of amides is 1. The minimum absolute atomic E-state index is 0.00559. The van der Waals surface area contributed by atoms with Crippen LogP contribution in [-0.4, -0.2) is 23.7 Å². The molecule has 0 radical (unpaired) electrons. The molecule has 2 N–H and O–H groups in total. The van der Waals surface area contributed by atoms with Crippen LogP contribution in [0.4, 0.5) is 0 Å². The van der Waals surface area contributed by atoms with E-state index in [1.807, 2.05) is 5.38 Å². The number of aliphatic hydroxyl groups is 1. The molecule has 0 atom stereocenters. The lowest BCUT2D eigenvalue weighted by atomic mass is 10.3. The number of aliphatic hydroxyl groups excluding tert-OH is 1. The molecule has 1 aliphatic rings. The maximum Gasteiger partial charge on any atom is 0.252 e. The zero-order valence-corrected chi connectivity index (χ0v) is 9.64. The van der Waals surface area contributed by atoms with E-state index in [-0.39, 0.29) is 12.5 Å². The van der Waals surface area contributed by atoms with Gasteiger partial charge in [0.05, 0.1) is 17.0 Å². The molecular weight excluding hydrogens is 222 g/mol. The summed E-state index contributed by atoms with van der Waals surface area (Å²) in [5.74, 6) is 5.75. The average Bonchev–Trinajstić information content (AvgIpc) is 2.95. The second-order valence-electron chi connectivity index (χ2n) is 3.72. The second kappa shape index (κ2) is 5.15. The highest BCUT2D eigenvalue weighted by molar-refractivity contribution is 7.10. The van der Waals surface area contributed by atoms with Crippen LogP contribution in [0, 0.1) is 11.8 Å². The van der Waals surface area contributed by atoms with Crippen molar-refractivity contribution in [3.8, 4) is 11.8 Å². The molecule has 0 unspecified atom stereocenters. The van der Waals surface area contributed by atoms with E-state index in [0.29, 0.717) is 18.0 Å². The second-order valence-corrected chi connectivity index (χ2v) is 4.63. The van der Waals surface area contributed by atoms with E-state index in [9.17, 15) is 4.79 Å². The summed E-state index contributed by atoms with van der Waals surface area (Å²) in [6.07, 6.45) is 2.67. The summed E-state index contributed by atoms with van der Waals surface area (Å²) in [4.78, 5) is 12.5. The number of rotatable bonds is 3. The normalized spacial score (nSPS) is 14.1. The minimum atomic E-state index is -0.00559. The van der Waals surface area contributed by atoms with E-state index in [0.717, 1.165) is 17.7 Å². The smallest absolute Gasteiger partial charge is 0.252 e. The predicted molar refractivity (Wildman–Crippen MR) is 63.4 cm³/mol. The molecular formula is C12H13NO2S. The molecule has 1 aliphatic carbocycles. The zero-order valence-electron chi connectivity index (χ0n) is 8.82. The van der Waals surface area contributed by atoms with Crippen LogP contribution in [0.2, 0.25) is 0 Å². The highest BCUT2D eigenvalue weighted by Crippen LogP contribution is 2.20. The average molecular weight is 235 g/mol. The number of nitrogens with one attached hydrogen (secondary N) is 1. The third-order valence-electron chi connectivity index (χ3n) is 2.22. The molecule has 0 spiro atoms. The van der Waals surface area contributed by atoms with Gasteiger partial charge in [0.1, 0.15) is 0 Å². The molecule has 0 bridgehead atoms. The Kier molecular flexibility index (Phi) is 3.60. The van der Waals surface area contributed by atoms with Gasteiger partial charge in [0.2, 0.25) is 0 Å². The molecule has 1 heterocycles. The van der Waals surface area contributed by atoms with Crippen LogP contribution in [0.3, 0.4) is 0 Å². The van der Waals surface area contributed by atoms with Crippen LogP contribution in [0.15, 0.2) is 11.4 Å². The van der Waals surface area contributed by atoms with Crippen molar-refractivity contribution in [1.82, 2.24) is 5.32 Å². The first-order valence-corrected chi connectivity index (χ1v) is 6.16. The molecule has 1 fully saturated rings. The minimum Gasteiger partial charge on any atom is -0.395 e. The third kappa shape index (κ3) is 3.09. The Balaban J connectivity index is 1.95. The molecule has 0 saturated heterocycles. The van der Waals surface area contributed by atoms with Gasteiger partial charge in [0.25, 0.3) is 5.91 Å². The Bertz CT molecular complexity index is 437. The Morgan fingerprint density at radius 1 is 1.62 bits per heavy atom. The highest BCUT2D eigenvalue weighted by atomic mass is 32.1. The maximum absolute atomic E-state index is 11.6. The van der Waals surface area contributed by atoms with Crippen molar-refractivity contribution in [2.45, 2.75) is 25.3 Å². The molecule has 84 valence electrons. The van der Waals surface area contributed by atoms with E-state index in [4.69, 9.17) is 5.11 Å². The van der Waals surface area contributed by atoms with Crippen molar-refractivity contribution in [1.29, 1.82) is 0 Å². The Morgan fingerprint density at radius 3 is 3.12 bits per heavy atom. The first-order chi connectivity index (χ1) is 7.79. The van der Waals surface area contributed by atoms with Crippen LogP contribution < -0.4 is 5.32 Å². The van der Waals surface area contributed by atoms with Crippen LogP contribution in [-0.2, 0) is 0 Å². The molecule has 1 saturated carbocycles. The Hall–Kier alpha value is -1.31. The third-order valence-corrected chi connectivity index (χ3v) is 3.07. The Morgan fingerprint density at radius 2 is 2.44 bits per heavy atom. The fourth-order valence-electron chi connectivity index (χ4n) is 1.22. The van der Waals surface area contributed by atoms with Crippen molar-refractivity contribution < 1.29 is 9.90 Å². The van der Waals surface area contributed by atoms with Gasteiger partial charge in [0.15, 0.2) is 0 Å². The summed E-state index contributed by atoms with van der Waals surface area (Å²) in [5.41, 5.74) is 0.685. The van der Waals surface area contributed by atoms with Crippen LogP contribution in [0.5, 0.6) is 0 Å². The molecule has 3 nitrogen and oxygen atoms in total. The van der Waals surface area contributed by atoms with Gasteiger partial charge in [-0.05, 0) is 18.9 Å². The topological polar surface area (TPSA) is 49.3 Å². The molecule has 0 aromatic carbocycles. The number of carbonyl (C=O) groups is 1. The van der Waals surface area contributed by atoms with Crippen LogP contribution >= 0.6 is 11.3 Å². The van der Waals surface area contributed by atoms with Crippen LogP contribution in [0.25, 0.3) is 0 Å². The van der Waals surface area contributed by atoms with Crippen molar-refractivity contribution in [2.24, 2.45) is 0 Å². The first kappa shape index (κ1) is 11.2. The summed E-state index contributed by atoms with van der Waals surface area (Å²) >= 11 is 1.46. The maximum atomic E-state index is 11.6. The SMILES string of the molecule is O=C(NC1CC1)c1csc(C#CCCO)c1. The number of thiophene rings is 1. The fourth-order valence-corrected chi connectivity index (χ4v) is 1.98. The van der Waals surface area contributed by atoms with E-state index in [2.05, 4.69) is 17.2 Å². The van der Waals surface area contributed by atoms with Gasteiger partial charge in [-0.25, -0.2) is 0 Å². The molecule has 1 aromatic rings. The van der Waals surface area contributed by atoms with E-state index in [1.54, 1.807) is 6.07 Å². The van der Waals surface area contributed by atoms with Gasteiger partial charge in [-0.1, -0.05) is 11.8 Å². The standard InChI is InChI=1S/C12H13NO2S/c14-6-2-1-3-11-7-9(8-16-11)12(15)13-10-4-5-10/h7-8,10,14H,2,4-6H2,(H,13,15). The molecule has 1 aromatic heterocycles. The zero-order chi connectivity index (χ0) is 11.4. The van der Waals surface area contributed by atoms with Gasteiger partial charge in [0, 0.05) is 17.8 Å².